The van der Waals surface area contributed by atoms with Crippen molar-refractivity contribution in [2.24, 2.45) is 0 Å². The van der Waals surface area contributed by atoms with E-state index in [-0.39, 0.29) is 17.3 Å². The first kappa shape index (κ1) is 20.8. The zero-order chi connectivity index (χ0) is 21.9. The highest BCUT2D eigenvalue weighted by atomic mass is 32.2. The van der Waals surface area contributed by atoms with Crippen LogP contribution in [0.25, 0.3) is 22.3 Å². The highest BCUT2D eigenvalue weighted by Gasteiger charge is 2.25. The van der Waals surface area contributed by atoms with Crippen LogP contribution in [0.15, 0.2) is 66.0 Å². The molecule has 1 aliphatic heterocycles. The summed E-state index contributed by atoms with van der Waals surface area (Å²) in [5.74, 6) is 0.720. The molecule has 0 radical (unpaired) electrons. The summed E-state index contributed by atoms with van der Waals surface area (Å²) in [6.07, 6.45) is 4.18. The van der Waals surface area contributed by atoms with Gasteiger partial charge >= 0.3 is 0 Å². The molecule has 4 aromatic rings. The number of amides is 1. The molecule has 5 rings (SSSR count). The Kier molecular flexibility index (Phi) is 5.96. The number of carbonyl (C=O) groups excluding carboxylic acids is 1. The Morgan fingerprint density at radius 3 is 2.84 bits per heavy atom. The Morgan fingerprint density at radius 1 is 1.22 bits per heavy atom. The Hall–Kier alpha value is -3.10. The minimum Gasteiger partial charge on any atom is -0.376 e. The molecule has 7 nitrogen and oxygen atoms in total. The van der Waals surface area contributed by atoms with Gasteiger partial charge in [-0.3, -0.25) is 9.36 Å². The van der Waals surface area contributed by atoms with Crippen molar-refractivity contribution in [3.63, 3.8) is 0 Å². The molecule has 0 aliphatic carbocycles. The third-order valence-electron chi connectivity index (χ3n) is 5.65. The first-order chi connectivity index (χ1) is 15.7. The number of para-hydroxylation sites is 2. The average Bonchev–Trinajstić information content (AvgIpc) is 3.56. The number of ether oxygens (including phenoxy) is 1. The van der Waals surface area contributed by atoms with Gasteiger partial charge in [0, 0.05) is 35.0 Å². The van der Waals surface area contributed by atoms with Gasteiger partial charge in [0.15, 0.2) is 11.0 Å². The van der Waals surface area contributed by atoms with Crippen molar-refractivity contribution in [3.05, 3.63) is 60.8 Å². The largest absolute Gasteiger partial charge is 0.376 e. The van der Waals surface area contributed by atoms with Gasteiger partial charge in [-0.05, 0) is 38.0 Å². The van der Waals surface area contributed by atoms with Crippen LogP contribution >= 0.6 is 11.8 Å². The maximum Gasteiger partial charge on any atom is 0.237 e. The molecule has 2 atom stereocenters. The highest BCUT2D eigenvalue weighted by molar-refractivity contribution is 8.00. The highest BCUT2D eigenvalue weighted by Crippen LogP contribution is 2.32. The Bertz CT molecular complexity index is 1210. The minimum absolute atomic E-state index is 0.0680. The van der Waals surface area contributed by atoms with Gasteiger partial charge in [0.05, 0.1) is 17.9 Å². The lowest BCUT2D eigenvalue weighted by atomic mass is 10.1. The van der Waals surface area contributed by atoms with E-state index >= 15 is 0 Å². The SMILES string of the molecule is CC(Sc1nnc(-c2c[nH]c3ccccc23)n1CC1CCCO1)C(=O)Nc1ccccc1. The third kappa shape index (κ3) is 4.28. The van der Waals surface area contributed by atoms with Gasteiger partial charge in [-0.1, -0.05) is 48.2 Å². The van der Waals surface area contributed by atoms with Crippen molar-refractivity contribution < 1.29 is 9.53 Å². The van der Waals surface area contributed by atoms with Crippen molar-refractivity contribution in [3.8, 4) is 11.4 Å². The third-order valence-corrected chi connectivity index (χ3v) is 6.73. The number of benzene rings is 2. The van der Waals surface area contributed by atoms with E-state index in [4.69, 9.17) is 4.74 Å². The lowest BCUT2D eigenvalue weighted by molar-refractivity contribution is -0.115. The number of aromatic amines is 1. The van der Waals surface area contributed by atoms with Crippen molar-refractivity contribution in [2.75, 3.05) is 11.9 Å². The van der Waals surface area contributed by atoms with Crippen molar-refractivity contribution in [1.82, 2.24) is 19.7 Å². The lowest BCUT2D eigenvalue weighted by Gasteiger charge is -2.16. The first-order valence-electron chi connectivity index (χ1n) is 10.8. The number of fused-ring (bicyclic) bond motifs is 1. The second kappa shape index (κ2) is 9.18. The van der Waals surface area contributed by atoms with Crippen LogP contribution in [0.5, 0.6) is 0 Å². The molecule has 8 heteroatoms. The van der Waals surface area contributed by atoms with Crippen LogP contribution < -0.4 is 5.32 Å². The van der Waals surface area contributed by atoms with E-state index < -0.39 is 0 Å². The molecule has 2 unspecified atom stereocenters. The van der Waals surface area contributed by atoms with E-state index in [1.165, 1.54) is 11.8 Å². The average molecular weight is 448 g/mol. The molecule has 0 saturated carbocycles. The Balaban J connectivity index is 1.43. The van der Waals surface area contributed by atoms with Crippen LogP contribution in [-0.2, 0) is 16.1 Å². The summed E-state index contributed by atoms with van der Waals surface area (Å²) in [4.78, 5) is 16.1. The monoisotopic (exact) mass is 447 g/mol. The van der Waals surface area contributed by atoms with E-state index in [2.05, 4.69) is 31.1 Å². The molecular weight excluding hydrogens is 422 g/mol. The van der Waals surface area contributed by atoms with E-state index in [1.54, 1.807) is 0 Å². The van der Waals surface area contributed by atoms with Crippen LogP contribution in [0, 0.1) is 0 Å². The number of rotatable bonds is 7. The fourth-order valence-corrected chi connectivity index (χ4v) is 4.82. The lowest BCUT2D eigenvalue weighted by Crippen LogP contribution is -2.23. The van der Waals surface area contributed by atoms with Gasteiger partial charge < -0.3 is 15.0 Å². The number of nitrogens with one attached hydrogen (secondary N) is 2. The minimum atomic E-state index is -0.335. The van der Waals surface area contributed by atoms with Crippen LogP contribution in [0.1, 0.15) is 19.8 Å². The maximum absolute atomic E-state index is 12.8. The Morgan fingerprint density at radius 2 is 2.03 bits per heavy atom. The number of H-pyrrole nitrogens is 1. The van der Waals surface area contributed by atoms with Crippen molar-refractivity contribution >= 4 is 34.3 Å². The number of nitrogens with zero attached hydrogens (tertiary/aromatic N) is 3. The molecule has 0 bridgehead atoms. The molecule has 0 spiro atoms. The summed E-state index contributed by atoms with van der Waals surface area (Å²) in [5.41, 5.74) is 2.84. The molecule has 3 heterocycles. The Labute approximate surface area is 190 Å². The molecule has 1 saturated heterocycles. The summed E-state index contributed by atoms with van der Waals surface area (Å²) in [7, 11) is 0. The zero-order valence-corrected chi connectivity index (χ0v) is 18.6. The normalized spacial score (nSPS) is 17.0. The topological polar surface area (TPSA) is 84.8 Å². The predicted octanol–water partition coefficient (Wildman–Crippen LogP) is 4.72. The molecular formula is C24H25N5O2S. The van der Waals surface area contributed by atoms with Crippen molar-refractivity contribution in [2.45, 2.75) is 42.8 Å². The molecule has 164 valence electrons. The maximum atomic E-state index is 12.8. The van der Waals surface area contributed by atoms with E-state index in [0.717, 1.165) is 52.6 Å². The van der Waals surface area contributed by atoms with E-state index in [9.17, 15) is 4.79 Å². The van der Waals surface area contributed by atoms with Crippen LogP contribution in [0.4, 0.5) is 5.69 Å². The number of anilines is 1. The molecule has 2 N–H and O–H groups in total. The molecule has 32 heavy (non-hydrogen) atoms. The van der Waals surface area contributed by atoms with Gasteiger partial charge in [0.1, 0.15) is 0 Å². The molecule has 1 fully saturated rings. The summed E-state index contributed by atoms with van der Waals surface area (Å²) < 4.78 is 8.00. The van der Waals surface area contributed by atoms with Gasteiger partial charge in [-0.2, -0.15) is 0 Å². The van der Waals surface area contributed by atoms with Crippen LogP contribution in [0.3, 0.4) is 0 Å². The van der Waals surface area contributed by atoms with Gasteiger partial charge in [-0.25, -0.2) is 0 Å². The second-order valence-electron chi connectivity index (χ2n) is 7.92. The van der Waals surface area contributed by atoms with Crippen molar-refractivity contribution in [1.29, 1.82) is 0 Å². The van der Waals surface area contributed by atoms with Crippen LogP contribution in [-0.4, -0.2) is 43.6 Å². The number of aromatic nitrogens is 4. The smallest absolute Gasteiger partial charge is 0.237 e. The van der Waals surface area contributed by atoms with Gasteiger partial charge in [0.25, 0.3) is 0 Å². The standard InChI is InChI=1S/C24H25N5O2S/c1-16(23(30)26-17-8-3-2-4-9-17)32-24-28-27-22(29(24)15-18-10-7-13-31-18)20-14-25-21-12-6-5-11-19(20)21/h2-6,8-9,11-12,14,16,18,25H,7,10,13,15H2,1H3,(H,26,30). The summed E-state index contributed by atoms with van der Waals surface area (Å²) in [5, 5.41) is 13.5. The molecule has 2 aromatic heterocycles. The van der Waals surface area contributed by atoms with E-state index in [1.807, 2.05) is 61.7 Å². The van der Waals surface area contributed by atoms with E-state index in [0.29, 0.717) is 6.54 Å². The predicted molar refractivity (Wildman–Crippen MR) is 127 cm³/mol. The molecule has 1 aliphatic rings. The zero-order valence-electron chi connectivity index (χ0n) is 17.8. The second-order valence-corrected chi connectivity index (χ2v) is 9.22. The fourth-order valence-electron chi connectivity index (χ4n) is 3.97. The molecule has 2 aromatic carbocycles. The quantitative estimate of drug-likeness (QED) is 0.400. The summed E-state index contributed by atoms with van der Waals surface area (Å²) in [6, 6.07) is 17.6. The van der Waals surface area contributed by atoms with Crippen LogP contribution in [0.2, 0.25) is 0 Å². The number of hydrogen-bond acceptors (Lipinski definition) is 5. The fraction of sp³-hybridized carbons (Fsp3) is 0.292. The number of thioether (sulfide) groups is 1. The summed E-state index contributed by atoms with van der Waals surface area (Å²) in [6.45, 7) is 3.34. The first-order valence-corrected chi connectivity index (χ1v) is 11.7. The summed E-state index contributed by atoms with van der Waals surface area (Å²) >= 11 is 1.42. The number of carbonyl (C=O) groups is 1. The number of hydrogen-bond donors (Lipinski definition) is 2. The molecule has 1 amide bonds. The van der Waals surface area contributed by atoms with Gasteiger partial charge in [0.2, 0.25) is 5.91 Å². The van der Waals surface area contributed by atoms with Gasteiger partial charge in [-0.15, -0.1) is 10.2 Å².